The maximum atomic E-state index is 5.81. The largest absolute Gasteiger partial charge is 0.397 e. The van der Waals surface area contributed by atoms with E-state index in [1.165, 1.54) is 60.5 Å². The Morgan fingerprint density at radius 1 is 0.426 bits per heavy atom. The van der Waals surface area contributed by atoms with Crippen LogP contribution in [0.4, 0.5) is 17.1 Å². The van der Waals surface area contributed by atoms with Gasteiger partial charge in [-0.3, -0.25) is 0 Å². The summed E-state index contributed by atoms with van der Waals surface area (Å²) in [5, 5.41) is 8.35. The zero-order chi connectivity index (χ0) is 31.7. The van der Waals surface area contributed by atoms with Crippen molar-refractivity contribution in [2.45, 2.75) is 6.92 Å². The van der Waals surface area contributed by atoms with Crippen LogP contribution >= 0.6 is 0 Å². The van der Waals surface area contributed by atoms with E-state index >= 15 is 0 Å². The molecule has 0 saturated carbocycles. The van der Waals surface area contributed by atoms with Crippen molar-refractivity contribution >= 4 is 60.7 Å². The molecule has 0 aliphatic rings. The summed E-state index contributed by atoms with van der Waals surface area (Å²) in [7, 11) is 0. The molecule has 4 nitrogen and oxygen atoms in total. The fraction of sp³-hybridized carbons (Fsp3) is 0.0233. The topological polar surface area (TPSA) is 47.9 Å². The molecule has 0 spiro atoms. The third-order valence-corrected chi connectivity index (χ3v) is 8.79. The summed E-state index contributed by atoms with van der Waals surface area (Å²) < 4.78 is 4.86. The molecule has 2 heterocycles. The van der Waals surface area contributed by atoms with E-state index in [0.717, 1.165) is 17.1 Å². The van der Waals surface area contributed by atoms with E-state index in [-0.39, 0.29) is 0 Å². The number of nitrogen functional groups attached to an aromatic ring is 1. The van der Waals surface area contributed by atoms with Gasteiger partial charge in [-0.2, -0.15) is 0 Å². The molecule has 0 atom stereocenters. The minimum atomic E-state index is 0.761. The second kappa shape index (κ2) is 11.9. The lowest BCUT2D eigenvalue weighted by Crippen LogP contribution is -1.98. The molecule has 0 amide bonds. The van der Waals surface area contributed by atoms with Crippen molar-refractivity contribution < 1.29 is 0 Å². The summed E-state index contributed by atoms with van der Waals surface area (Å²) in [5.74, 6) is 0. The zero-order valence-electron chi connectivity index (χ0n) is 26.1. The molecule has 9 rings (SSSR count). The van der Waals surface area contributed by atoms with Crippen LogP contribution in [0.25, 0.3) is 55.0 Å². The Kier molecular flexibility index (Phi) is 7.16. The lowest BCUT2D eigenvalue weighted by molar-refractivity contribution is 1.15. The van der Waals surface area contributed by atoms with E-state index in [9.17, 15) is 0 Å². The van der Waals surface area contributed by atoms with Crippen LogP contribution in [-0.2, 0) is 0 Å². The molecule has 0 saturated heterocycles. The number of nitrogens with two attached hydrogens (primary N) is 1. The summed E-state index contributed by atoms with van der Waals surface area (Å²) in [6.07, 6.45) is 0. The van der Waals surface area contributed by atoms with Crippen molar-refractivity contribution in [3.8, 4) is 11.4 Å². The van der Waals surface area contributed by atoms with Crippen LogP contribution in [0, 0.1) is 6.92 Å². The molecule has 0 bridgehead atoms. The predicted molar refractivity (Wildman–Crippen MR) is 200 cm³/mol. The van der Waals surface area contributed by atoms with Crippen molar-refractivity contribution in [3.05, 3.63) is 175 Å². The Morgan fingerprint density at radius 2 is 0.894 bits per heavy atom. The first kappa shape index (κ1) is 28.2. The average Bonchev–Trinajstić information content (AvgIpc) is 3.64. The first-order valence-corrected chi connectivity index (χ1v) is 15.9. The second-order valence-corrected chi connectivity index (χ2v) is 11.8. The minimum Gasteiger partial charge on any atom is -0.397 e. The molecular formula is C43H34N4. The van der Waals surface area contributed by atoms with Gasteiger partial charge in [-0.25, -0.2) is 0 Å². The van der Waals surface area contributed by atoms with E-state index < -0.39 is 0 Å². The minimum absolute atomic E-state index is 0.761. The Labute approximate surface area is 273 Å². The molecule has 4 heteroatoms. The first-order valence-electron chi connectivity index (χ1n) is 15.9. The molecule has 7 aromatic carbocycles. The highest BCUT2D eigenvalue weighted by molar-refractivity contribution is 6.23. The Balaban J connectivity index is 0.000000194. The van der Waals surface area contributed by atoms with E-state index in [4.69, 9.17) is 5.73 Å². The van der Waals surface area contributed by atoms with Crippen LogP contribution in [0.5, 0.6) is 0 Å². The number of hydrogen-bond donors (Lipinski definition) is 2. The number of nitrogens with zero attached hydrogens (tertiary/aromatic N) is 2. The molecule has 3 N–H and O–H groups in total. The quantitative estimate of drug-likeness (QED) is 0.196. The van der Waals surface area contributed by atoms with E-state index in [0.29, 0.717) is 0 Å². The summed E-state index contributed by atoms with van der Waals surface area (Å²) in [4.78, 5) is 0. The third-order valence-electron chi connectivity index (χ3n) is 8.79. The third kappa shape index (κ3) is 5.06. The smallest absolute Gasteiger partial charge is 0.0788 e. The van der Waals surface area contributed by atoms with Crippen molar-refractivity contribution in [1.82, 2.24) is 9.13 Å². The van der Waals surface area contributed by atoms with E-state index in [2.05, 4.69) is 137 Å². The molecule has 0 aliphatic heterocycles. The van der Waals surface area contributed by atoms with Crippen molar-refractivity contribution in [1.29, 1.82) is 0 Å². The summed E-state index contributed by atoms with van der Waals surface area (Å²) >= 11 is 0. The van der Waals surface area contributed by atoms with Gasteiger partial charge in [-0.1, -0.05) is 115 Å². The molecular weight excluding hydrogens is 573 g/mol. The van der Waals surface area contributed by atoms with E-state index in [1.54, 1.807) is 0 Å². The number of para-hydroxylation sites is 6. The Morgan fingerprint density at radius 3 is 1.47 bits per heavy atom. The van der Waals surface area contributed by atoms with Crippen molar-refractivity contribution in [2.75, 3.05) is 11.1 Å². The van der Waals surface area contributed by atoms with Gasteiger partial charge in [-0.05, 0) is 67.6 Å². The summed E-state index contributed by atoms with van der Waals surface area (Å²) in [5.41, 5.74) is 17.1. The fourth-order valence-electron chi connectivity index (χ4n) is 6.60. The number of aromatic nitrogens is 2. The number of rotatable bonds is 4. The van der Waals surface area contributed by atoms with Crippen molar-refractivity contribution in [3.63, 3.8) is 0 Å². The molecule has 226 valence electrons. The highest BCUT2D eigenvalue weighted by atomic mass is 15.0. The number of nitrogens with one attached hydrogen (secondary N) is 1. The van der Waals surface area contributed by atoms with Gasteiger partial charge in [0.2, 0.25) is 0 Å². The molecule has 0 fully saturated rings. The van der Waals surface area contributed by atoms with Gasteiger partial charge in [0.15, 0.2) is 0 Å². The number of aryl methyl sites for hydroxylation is 1. The fourth-order valence-corrected chi connectivity index (χ4v) is 6.60. The Hall–Kier alpha value is -6.26. The van der Waals surface area contributed by atoms with Crippen LogP contribution in [0.2, 0.25) is 0 Å². The highest BCUT2D eigenvalue weighted by Crippen LogP contribution is 2.41. The molecule has 0 aliphatic carbocycles. The second-order valence-electron chi connectivity index (χ2n) is 11.8. The first-order chi connectivity index (χ1) is 23.2. The molecule has 0 radical (unpaired) electrons. The summed E-state index contributed by atoms with van der Waals surface area (Å²) in [6.45, 7) is 2.14. The molecule has 47 heavy (non-hydrogen) atoms. The maximum absolute atomic E-state index is 5.81. The lowest BCUT2D eigenvalue weighted by atomic mass is 10.1. The standard InChI is InChI=1S/C31H22N2.C12H12N2/c1-21-15-17-23(18-16-21)33-29-14-8-6-12-25(29)27-20-19-26-24-11-5-7-13-28(24)32(30(26)31(27)33)22-9-3-2-4-10-22;13-11-8-4-5-9-12(11)14-10-6-2-1-3-7-10/h2-20H,1H3;1-9,14H,13H2. The van der Waals surface area contributed by atoms with Gasteiger partial charge in [0.25, 0.3) is 0 Å². The number of hydrogen-bond acceptors (Lipinski definition) is 2. The normalized spacial score (nSPS) is 11.2. The monoisotopic (exact) mass is 606 g/mol. The lowest BCUT2D eigenvalue weighted by Gasteiger charge is -2.12. The van der Waals surface area contributed by atoms with Gasteiger partial charge < -0.3 is 20.2 Å². The molecule has 2 aromatic heterocycles. The number of anilines is 3. The van der Waals surface area contributed by atoms with Crippen LogP contribution in [0.15, 0.2) is 170 Å². The molecule has 0 unspecified atom stereocenters. The van der Waals surface area contributed by atoms with Gasteiger partial charge >= 0.3 is 0 Å². The predicted octanol–water partition coefficient (Wildman–Crippen LogP) is 11.2. The Bertz CT molecular complexity index is 2490. The molecule has 9 aromatic rings. The number of benzene rings is 7. The van der Waals surface area contributed by atoms with Crippen molar-refractivity contribution in [2.24, 2.45) is 0 Å². The van der Waals surface area contributed by atoms with Crippen LogP contribution in [-0.4, -0.2) is 9.13 Å². The van der Waals surface area contributed by atoms with Crippen LogP contribution in [0.1, 0.15) is 5.56 Å². The maximum Gasteiger partial charge on any atom is 0.0788 e. The van der Waals surface area contributed by atoms with E-state index in [1.807, 2.05) is 54.6 Å². The van der Waals surface area contributed by atoms with Gasteiger partial charge in [0, 0.05) is 38.6 Å². The SMILES string of the molecule is Cc1ccc(-n2c3ccccc3c3ccc4c5ccccc5n(-c5ccccc5)c4c32)cc1.Nc1ccccc1Nc1ccccc1. The van der Waals surface area contributed by atoms with Crippen LogP contribution in [0.3, 0.4) is 0 Å². The highest BCUT2D eigenvalue weighted by Gasteiger charge is 2.20. The van der Waals surface area contributed by atoms with Gasteiger partial charge in [-0.15, -0.1) is 0 Å². The zero-order valence-corrected chi connectivity index (χ0v) is 26.1. The average molecular weight is 607 g/mol. The van der Waals surface area contributed by atoms with Crippen LogP contribution < -0.4 is 11.1 Å². The van der Waals surface area contributed by atoms with Gasteiger partial charge in [0.05, 0.1) is 33.4 Å². The summed E-state index contributed by atoms with van der Waals surface area (Å²) in [6, 6.07) is 59.3. The number of fused-ring (bicyclic) bond motifs is 7. The van der Waals surface area contributed by atoms with Gasteiger partial charge in [0.1, 0.15) is 0 Å².